The van der Waals surface area contributed by atoms with Crippen LogP contribution in [0.5, 0.6) is 0 Å². The number of rotatable bonds is 5. The van der Waals surface area contributed by atoms with Gasteiger partial charge in [-0.15, -0.1) is 0 Å². The molecule has 9 heteroatoms. The molecule has 1 saturated heterocycles. The lowest BCUT2D eigenvalue weighted by molar-refractivity contribution is 0.0951. The maximum absolute atomic E-state index is 12.5. The predicted molar refractivity (Wildman–Crippen MR) is 90.2 cm³/mol. The fraction of sp³-hybridized carbons (Fsp3) is 0.375. The van der Waals surface area contributed by atoms with Gasteiger partial charge in [0.05, 0.1) is 17.2 Å². The van der Waals surface area contributed by atoms with Gasteiger partial charge in [-0.2, -0.15) is 9.40 Å². The van der Waals surface area contributed by atoms with Gasteiger partial charge in [0.1, 0.15) is 0 Å². The molecule has 1 atom stereocenters. The zero-order valence-corrected chi connectivity index (χ0v) is 14.6. The smallest absolute Gasteiger partial charge is 0.251 e. The van der Waals surface area contributed by atoms with E-state index in [4.69, 9.17) is 0 Å². The van der Waals surface area contributed by atoms with Crippen LogP contribution in [-0.4, -0.2) is 52.7 Å². The standard InChI is InChI=1S/C16H20N4O4S/c1-19-10-12(9-18-19)8-17-16(22)13-2-4-15(5-3-13)25(23,24)20-7-6-14(21)11-20/h2-5,9-10,14,21H,6-8,11H2,1H3,(H,17,22). The van der Waals surface area contributed by atoms with E-state index >= 15 is 0 Å². The summed E-state index contributed by atoms with van der Waals surface area (Å²) in [6.45, 7) is 0.755. The van der Waals surface area contributed by atoms with Gasteiger partial charge in [0.25, 0.3) is 5.91 Å². The third-order valence-electron chi connectivity index (χ3n) is 4.09. The van der Waals surface area contributed by atoms with Crippen LogP contribution in [0, 0.1) is 0 Å². The number of carbonyl (C=O) groups excluding carboxylic acids is 1. The molecule has 1 aromatic heterocycles. The Hall–Kier alpha value is -2.23. The van der Waals surface area contributed by atoms with E-state index in [9.17, 15) is 18.3 Å². The highest BCUT2D eigenvalue weighted by atomic mass is 32.2. The second kappa shape index (κ2) is 6.95. The molecule has 2 N–H and O–H groups in total. The van der Waals surface area contributed by atoms with Gasteiger partial charge in [0.15, 0.2) is 0 Å². The molecule has 2 heterocycles. The van der Waals surface area contributed by atoms with Crippen LogP contribution in [0.15, 0.2) is 41.6 Å². The Bertz CT molecular complexity index is 861. The fourth-order valence-electron chi connectivity index (χ4n) is 2.70. The Morgan fingerprint density at radius 2 is 2.08 bits per heavy atom. The van der Waals surface area contributed by atoms with Crippen molar-refractivity contribution in [1.29, 1.82) is 0 Å². The number of nitrogens with zero attached hydrogens (tertiary/aromatic N) is 3. The van der Waals surface area contributed by atoms with E-state index in [2.05, 4.69) is 10.4 Å². The molecule has 1 amide bonds. The lowest BCUT2D eigenvalue weighted by Crippen LogP contribution is -2.29. The highest BCUT2D eigenvalue weighted by Crippen LogP contribution is 2.21. The molecule has 134 valence electrons. The average molecular weight is 364 g/mol. The van der Waals surface area contributed by atoms with E-state index in [1.54, 1.807) is 24.1 Å². The van der Waals surface area contributed by atoms with Crippen molar-refractivity contribution in [3.63, 3.8) is 0 Å². The quantitative estimate of drug-likeness (QED) is 0.783. The highest BCUT2D eigenvalue weighted by Gasteiger charge is 2.31. The van der Waals surface area contributed by atoms with Gasteiger partial charge in [-0.05, 0) is 30.7 Å². The Labute approximate surface area is 146 Å². The van der Waals surface area contributed by atoms with Crippen molar-refractivity contribution in [2.24, 2.45) is 7.05 Å². The van der Waals surface area contributed by atoms with Gasteiger partial charge in [-0.1, -0.05) is 0 Å². The predicted octanol–water partition coefficient (Wildman–Crippen LogP) is 0.105. The minimum Gasteiger partial charge on any atom is -0.392 e. The van der Waals surface area contributed by atoms with Crippen LogP contribution in [0.3, 0.4) is 0 Å². The lowest BCUT2D eigenvalue weighted by atomic mass is 10.2. The number of sulfonamides is 1. The first-order valence-electron chi connectivity index (χ1n) is 7.90. The molecule has 0 saturated carbocycles. The number of amides is 1. The number of nitrogens with one attached hydrogen (secondary N) is 1. The second-order valence-corrected chi connectivity index (χ2v) is 7.97. The van der Waals surface area contributed by atoms with E-state index in [0.717, 1.165) is 5.56 Å². The topological polar surface area (TPSA) is 105 Å². The average Bonchev–Trinajstić information content (AvgIpc) is 3.21. The molecule has 0 bridgehead atoms. The van der Waals surface area contributed by atoms with Crippen LogP contribution in [0.2, 0.25) is 0 Å². The number of aliphatic hydroxyl groups is 1. The summed E-state index contributed by atoms with van der Waals surface area (Å²) in [5, 5.41) is 16.3. The van der Waals surface area contributed by atoms with Crippen molar-refractivity contribution in [3.8, 4) is 0 Å². The summed E-state index contributed by atoms with van der Waals surface area (Å²) >= 11 is 0. The van der Waals surface area contributed by atoms with Gasteiger partial charge in [-0.3, -0.25) is 9.48 Å². The maximum atomic E-state index is 12.5. The van der Waals surface area contributed by atoms with Crippen LogP contribution >= 0.6 is 0 Å². The lowest BCUT2D eigenvalue weighted by Gasteiger charge is -2.15. The molecule has 1 aliphatic rings. The summed E-state index contributed by atoms with van der Waals surface area (Å²) in [6, 6.07) is 5.80. The zero-order chi connectivity index (χ0) is 18.0. The van der Waals surface area contributed by atoms with Crippen molar-refractivity contribution in [2.45, 2.75) is 24.0 Å². The van der Waals surface area contributed by atoms with Crippen LogP contribution < -0.4 is 5.32 Å². The number of benzene rings is 1. The normalized spacial score (nSPS) is 18.4. The van der Waals surface area contributed by atoms with Crippen molar-refractivity contribution < 1.29 is 18.3 Å². The fourth-order valence-corrected chi connectivity index (χ4v) is 4.20. The van der Waals surface area contributed by atoms with Crippen molar-refractivity contribution >= 4 is 15.9 Å². The van der Waals surface area contributed by atoms with Crippen LogP contribution in [0.4, 0.5) is 0 Å². The molecule has 8 nitrogen and oxygen atoms in total. The summed E-state index contributed by atoms with van der Waals surface area (Å²) < 4.78 is 27.9. The summed E-state index contributed by atoms with van der Waals surface area (Å²) in [5.41, 5.74) is 1.26. The molecule has 0 aliphatic carbocycles. The molecule has 1 aliphatic heterocycles. The number of β-amino-alcohol motifs (C(OH)–C–C–N with tert-alkyl or cyclic N) is 1. The molecule has 3 rings (SSSR count). The number of carbonyl (C=O) groups is 1. The Morgan fingerprint density at radius 3 is 2.64 bits per heavy atom. The highest BCUT2D eigenvalue weighted by molar-refractivity contribution is 7.89. The summed E-state index contributed by atoms with van der Waals surface area (Å²) in [4.78, 5) is 12.3. The molecular formula is C16H20N4O4S. The SMILES string of the molecule is Cn1cc(CNC(=O)c2ccc(S(=O)(=O)N3CCC(O)C3)cc2)cn1. The minimum atomic E-state index is -3.64. The Balaban J connectivity index is 1.66. The van der Waals surface area contributed by atoms with Crippen LogP contribution in [0.25, 0.3) is 0 Å². The van der Waals surface area contributed by atoms with Gasteiger partial charge in [-0.25, -0.2) is 8.42 Å². The summed E-state index contributed by atoms with van der Waals surface area (Å²) in [6.07, 6.45) is 3.29. The second-order valence-electron chi connectivity index (χ2n) is 6.03. The zero-order valence-electron chi connectivity index (χ0n) is 13.8. The van der Waals surface area contributed by atoms with E-state index in [0.29, 0.717) is 25.1 Å². The van der Waals surface area contributed by atoms with Crippen molar-refractivity contribution in [1.82, 2.24) is 19.4 Å². The number of hydrogen-bond donors (Lipinski definition) is 2. The number of hydrogen-bond acceptors (Lipinski definition) is 5. The molecule has 1 unspecified atom stereocenters. The monoisotopic (exact) mass is 364 g/mol. The van der Waals surface area contributed by atoms with Gasteiger partial charge in [0, 0.05) is 44.0 Å². The third-order valence-corrected chi connectivity index (χ3v) is 5.97. The minimum absolute atomic E-state index is 0.107. The first-order chi connectivity index (χ1) is 11.9. The molecule has 1 fully saturated rings. The Morgan fingerprint density at radius 1 is 1.36 bits per heavy atom. The van der Waals surface area contributed by atoms with Crippen LogP contribution in [0.1, 0.15) is 22.3 Å². The maximum Gasteiger partial charge on any atom is 0.251 e. The van der Waals surface area contributed by atoms with Crippen LogP contribution in [-0.2, 0) is 23.6 Å². The molecule has 0 radical (unpaired) electrons. The molecule has 25 heavy (non-hydrogen) atoms. The van der Waals surface area contributed by atoms with E-state index in [1.165, 1.54) is 28.6 Å². The summed E-state index contributed by atoms with van der Waals surface area (Å²) in [7, 11) is -1.84. The first kappa shape index (κ1) is 17.6. The number of aryl methyl sites for hydroxylation is 1. The molecule has 0 spiro atoms. The molecular weight excluding hydrogens is 344 g/mol. The van der Waals surface area contributed by atoms with E-state index in [1.807, 2.05) is 0 Å². The van der Waals surface area contributed by atoms with E-state index in [-0.39, 0.29) is 17.3 Å². The Kier molecular flexibility index (Phi) is 4.89. The molecule has 2 aromatic rings. The third kappa shape index (κ3) is 3.89. The number of aliphatic hydroxyl groups excluding tert-OH is 1. The van der Waals surface area contributed by atoms with Crippen molar-refractivity contribution in [3.05, 3.63) is 47.8 Å². The summed E-state index contributed by atoms with van der Waals surface area (Å²) in [5.74, 6) is -0.288. The van der Waals surface area contributed by atoms with Gasteiger partial charge >= 0.3 is 0 Å². The largest absolute Gasteiger partial charge is 0.392 e. The first-order valence-corrected chi connectivity index (χ1v) is 9.34. The van der Waals surface area contributed by atoms with Crippen molar-refractivity contribution in [2.75, 3.05) is 13.1 Å². The van der Waals surface area contributed by atoms with E-state index < -0.39 is 16.1 Å². The number of aromatic nitrogens is 2. The van der Waals surface area contributed by atoms with Gasteiger partial charge in [0.2, 0.25) is 10.0 Å². The molecule has 1 aromatic carbocycles. The van der Waals surface area contributed by atoms with Gasteiger partial charge < -0.3 is 10.4 Å².